The number of anilines is 2. The van der Waals surface area contributed by atoms with E-state index in [1.165, 1.54) is 5.56 Å². The second kappa shape index (κ2) is 3.91. The van der Waals surface area contributed by atoms with Gasteiger partial charge >= 0.3 is 0 Å². The highest BCUT2D eigenvalue weighted by molar-refractivity contribution is 6.06. The summed E-state index contributed by atoms with van der Waals surface area (Å²) in [5, 5.41) is 0. The van der Waals surface area contributed by atoms with Gasteiger partial charge in [0.2, 0.25) is 0 Å². The van der Waals surface area contributed by atoms with Gasteiger partial charge in [-0.05, 0) is 31.0 Å². The Hall–Kier alpha value is -2.23. The number of carbonyl (C=O) groups excluding carboxylic acids is 1. The largest absolute Gasteiger partial charge is 0.436 e. The highest BCUT2D eigenvalue weighted by Crippen LogP contribution is 2.33. The zero-order valence-corrected chi connectivity index (χ0v) is 10.1. The first-order chi connectivity index (χ1) is 8.66. The van der Waals surface area contributed by atoms with E-state index >= 15 is 0 Å². The smallest absolute Gasteiger partial charge is 0.294 e. The molecule has 1 atom stereocenters. The summed E-state index contributed by atoms with van der Waals surface area (Å²) in [5.41, 5.74) is 7.66. The van der Waals surface area contributed by atoms with Crippen LogP contribution in [0.5, 0.6) is 0 Å². The molecule has 0 spiro atoms. The molecule has 3 rings (SSSR count). The van der Waals surface area contributed by atoms with Gasteiger partial charge in [-0.3, -0.25) is 4.79 Å². The lowest BCUT2D eigenvalue weighted by atomic mass is 10.1. The Morgan fingerprint density at radius 1 is 1.33 bits per heavy atom. The molecule has 0 saturated heterocycles. The quantitative estimate of drug-likeness (QED) is 0.835. The molecule has 2 N–H and O–H groups in total. The standard InChI is InChI=1S/C14H14N2O2/c1-9-8-10-4-2-3-5-11(10)16(9)14(17)12-6-7-13(15)18-12/h2-7,9H,8,15H2,1H3. The molecule has 92 valence electrons. The van der Waals surface area contributed by atoms with E-state index in [4.69, 9.17) is 10.2 Å². The third-order valence-electron chi connectivity index (χ3n) is 3.26. The first-order valence-corrected chi connectivity index (χ1v) is 5.93. The number of amides is 1. The molecule has 1 amide bonds. The fourth-order valence-electron chi connectivity index (χ4n) is 2.46. The average molecular weight is 242 g/mol. The molecule has 18 heavy (non-hydrogen) atoms. The fourth-order valence-corrected chi connectivity index (χ4v) is 2.46. The van der Waals surface area contributed by atoms with Gasteiger partial charge < -0.3 is 15.1 Å². The minimum Gasteiger partial charge on any atom is -0.436 e. The number of nitrogen functional groups attached to an aromatic ring is 1. The molecular weight excluding hydrogens is 228 g/mol. The Morgan fingerprint density at radius 2 is 2.11 bits per heavy atom. The Bertz CT molecular complexity index is 603. The SMILES string of the molecule is CC1Cc2ccccc2N1C(=O)c1ccc(N)o1. The molecule has 2 aromatic rings. The molecule has 1 aliphatic rings. The van der Waals surface area contributed by atoms with Crippen LogP contribution in [0.3, 0.4) is 0 Å². The van der Waals surface area contributed by atoms with Gasteiger partial charge in [-0.25, -0.2) is 0 Å². The van der Waals surface area contributed by atoms with Crippen molar-refractivity contribution in [2.75, 3.05) is 10.6 Å². The monoisotopic (exact) mass is 242 g/mol. The maximum Gasteiger partial charge on any atom is 0.294 e. The van der Waals surface area contributed by atoms with Crippen molar-refractivity contribution in [3.8, 4) is 0 Å². The summed E-state index contributed by atoms with van der Waals surface area (Å²) in [6.45, 7) is 2.03. The maximum absolute atomic E-state index is 12.4. The molecule has 2 heterocycles. The number of nitrogens with zero attached hydrogens (tertiary/aromatic N) is 1. The molecule has 4 nitrogen and oxygen atoms in total. The van der Waals surface area contributed by atoms with E-state index in [0.717, 1.165) is 12.1 Å². The van der Waals surface area contributed by atoms with E-state index in [1.54, 1.807) is 17.0 Å². The Labute approximate surface area is 105 Å². The second-order valence-electron chi connectivity index (χ2n) is 4.56. The van der Waals surface area contributed by atoms with Crippen LogP contribution in [0, 0.1) is 0 Å². The van der Waals surface area contributed by atoms with E-state index in [2.05, 4.69) is 6.07 Å². The van der Waals surface area contributed by atoms with Crippen LogP contribution >= 0.6 is 0 Å². The van der Waals surface area contributed by atoms with Gasteiger partial charge in [-0.1, -0.05) is 18.2 Å². The molecule has 1 aromatic heterocycles. The van der Waals surface area contributed by atoms with Crippen LogP contribution in [0.25, 0.3) is 0 Å². The lowest BCUT2D eigenvalue weighted by Gasteiger charge is -2.21. The number of fused-ring (bicyclic) bond motifs is 1. The van der Waals surface area contributed by atoms with Crippen molar-refractivity contribution in [1.29, 1.82) is 0 Å². The summed E-state index contributed by atoms with van der Waals surface area (Å²) < 4.78 is 5.21. The number of carbonyl (C=O) groups is 1. The van der Waals surface area contributed by atoms with Crippen LogP contribution in [0.1, 0.15) is 23.0 Å². The van der Waals surface area contributed by atoms with Gasteiger partial charge in [-0.15, -0.1) is 0 Å². The summed E-state index contributed by atoms with van der Waals surface area (Å²) in [7, 11) is 0. The first kappa shape index (κ1) is 10.9. The van der Waals surface area contributed by atoms with Crippen molar-refractivity contribution in [3.05, 3.63) is 47.7 Å². The predicted molar refractivity (Wildman–Crippen MR) is 69.5 cm³/mol. The number of benzene rings is 1. The Kier molecular flexibility index (Phi) is 2.37. The third-order valence-corrected chi connectivity index (χ3v) is 3.26. The van der Waals surface area contributed by atoms with Crippen LogP contribution in [-0.2, 0) is 6.42 Å². The fraction of sp³-hybridized carbons (Fsp3) is 0.214. The number of nitrogens with two attached hydrogens (primary N) is 1. The number of para-hydroxylation sites is 1. The molecule has 4 heteroatoms. The van der Waals surface area contributed by atoms with E-state index in [-0.39, 0.29) is 23.6 Å². The van der Waals surface area contributed by atoms with Crippen LogP contribution in [0.4, 0.5) is 11.6 Å². The zero-order chi connectivity index (χ0) is 12.7. The topological polar surface area (TPSA) is 59.5 Å². The Balaban J connectivity index is 2.00. The van der Waals surface area contributed by atoms with Gasteiger partial charge in [0.25, 0.3) is 5.91 Å². The molecule has 1 aliphatic heterocycles. The molecule has 1 unspecified atom stereocenters. The van der Waals surface area contributed by atoms with E-state index in [9.17, 15) is 4.79 Å². The van der Waals surface area contributed by atoms with Gasteiger partial charge in [0.15, 0.2) is 11.6 Å². The summed E-state index contributed by atoms with van der Waals surface area (Å²) in [6, 6.07) is 11.3. The summed E-state index contributed by atoms with van der Waals surface area (Å²) in [4.78, 5) is 14.2. The Morgan fingerprint density at radius 3 is 2.83 bits per heavy atom. The maximum atomic E-state index is 12.4. The van der Waals surface area contributed by atoms with E-state index in [0.29, 0.717) is 0 Å². The van der Waals surface area contributed by atoms with Crippen molar-refractivity contribution in [2.45, 2.75) is 19.4 Å². The predicted octanol–water partition coefficient (Wildman–Crippen LogP) is 2.45. The number of hydrogen-bond acceptors (Lipinski definition) is 3. The molecule has 0 radical (unpaired) electrons. The van der Waals surface area contributed by atoms with Crippen molar-refractivity contribution in [2.24, 2.45) is 0 Å². The molecule has 0 saturated carbocycles. The summed E-state index contributed by atoms with van der Waals surface area (Å²) in [6.07, 6.45) is 0.873. The highest BCUT2D eigenvalue weighted by atomic mass is 16.4. The van der Waals surface area contributed by atoms with Crippen molar-refractivity contribution in [3.63, 3.8) is 0 Å². The van der Waals surface area contributed by atoms with Crippen LogP contribution in [-0.4, -0.2) is 11.9 Å². The molecule has 0 bridgehead atoms. The van der Waals surface area contributed by atoms with Crippen LogP contribution in [0.2, 0.25) is 0 Å². The minimum atomic E-state index is -0.135. The third kappa shape index (κ3) is 1.57. The second-order valence-corrected chi connectivity index (χ2v) is 4.56. The lowest BCUT2D eigenvalue weighted by Crippen LogP contribution is -2.35. The highest BCUT2D eigenvalue weighted by Gasteiger charge is 2.32. The molecule has 0 aliphatic carbocycles. The van der Waals surface area contributed by atoms with Crippen molar-refractivity contribution >= 4 is 17.5 Å². The van der Waals surface area contributed by atoms with Crippen molar-refractivity contribution < 1.29 is 9.21 Å². The van der Waals surface area contributed by atoms with Gasteiger partial charge in [-0.2, -0.15) is 0 Å². The number of furan rings is 1. The minimum absolute atomic E-state index is 0.135. The van der Waals surface area contributed by atoms with Crippen molar-refractivity contribution in [1.82, 2.24) is 0 Å². The summed E-state index contributed by atoms with van der Waals surface area (Å²) in [5.74, 6) is 0.415. The lowest BCUT2D eigenvalue weighted by molar-refractivity contribution is 0.0955. The number of rotatable bonds is 1. The first-order valence-electron chi connectivity index (χ1n) is 5.93. The molecular formula is C14H14N2O2. The van der Waals surface area contributed by atoms with Gasteiger partial charge in [0.1, 0.15) is 0 Å². The van der Waals surface area contributed by atoms with E-state index < -0.39 is 0 Å². The van der Waals surface area contributed by atoms with Crippen LogP contribution < -0.4 is 10.6 Å². The van der Waals surface area contributed by atoms with Gasteiger partial charge in [0.05, 0.1) is 0 Å². The molecule has 1 aromatic carbocycles. The number of hydrogen-bond donors (Lipinski definition) is 1. The van der Waals surface area contributed by atoms with Gasteiger partial charge in [0, 0.05) is 17.8 Å². The van der Waals surface area contributed by atoms with Crippen LogP contribution in [0.15, 0.2) is 40.8 Å². The normalized spacial score (nSPS) is 17.8. The summed E-state index contributed by atoms with van der Waals surface area (Å²) >= 11 is 0. The average Bonchev–Trinajstić information content (AvgIpc) is 2.91. The van der Waals surface area contributed by atoms with E-state index in [1.807, 2.05) is 25.1 Å². The zero-order valence-electron chi connectivity index (χ0n) is 10.1. The molecule has 0 fully saturated rings.